The minimum absolute atomic E-state index is 0.0489. The standard InChI is InChI=1S/C13H12O3S.C2H6/c1-10-2-6-12(7-3-10)17(15,16)13-8-4-11(14)5-9-13;1-2/h2-9,14H,1H3;1-2H3. The third-order valence-corrected chi connectivity index (χ3v) is 4.26. The van der Waals surface area contributed by atoms with Crippen LogP contribution in [0, 0.1) is 6.92 Å². The third kappa shape index (κ3) is 3.58. The van der Waals surface area contributed by atoms with Crippen molar-refractivity contribution in [3.63, 3.8) is 0 Å². The summed E-state index contributed by atoms with van der Waals surface area (Å²) in [5.74, 6) is 0.0489. The van der Waals surface area contributed by atoms with E-state index in [-0.39, 0.29) is 15.5 Å². The Morgan fingerprint density at radius 1 is 0.789 bits per heavy atom. The van der Waals surface area contributed by atoms with Gasteiger partial charge in [-0.2, -0.15) is 0 Å². The topological polar surface area (TPSA) is 54.4 Å². The molecule has 0 heterocycles. The molecule has 0 atom stereocenters. The van der Waals surface area contributed by atoms with Gasteiger partial charge in [-0.1, -0.05) is 31.5 Å². The van der Waals surface area contributed by atoms with Gasteiger partial charge in [0.2, 0.25) is 9.84 Å². The summed E-state index contributed by atoms with van der Waals surface area (Å²) >= 11 is 0. The van der Waals surface area contributed by atoms with Crippen LogP contribution in [0.1, 0.15) is 19.4 Å². The average Bonchev–Trinajstić information content (AvgIpc) is 2.42. The van der Waals surface area contributed by atoms with E-state index in [2.05, 4.69) is 0 Å². The number of sulfone groups is 1. The van der Waals surface area contributed by atoms with Crippen molar-refractivity contribution in [2.45, 2.75) is 30.6 Å². The predicted molar refractivity (Wildman–Crippen MR) is 76.1 cm³/mol. The van der Waals surface area contributed by atoms with Crippen LogP contribution < -0.4 is 0 Å². The molecule has 0 fully saturated rings. The number of aryl methyl sites for hydroxylation is 1. The molecule has 0 aliphatic carbocycles. The molecule has 0 radical (unpaired) electrons. The summed E-state index contributed by atoms with van der Waals surface area (Å²) in [5, 5.41) is 9.13. The number of phenolic OH excluding ortho intramolecular Hbond substituents is 1. The average molecular weight is 278 g/mol. The Morgan fingerprint density at radius 2 is 1.16 bits per heavy atom. The molecule has 1 N–H and O–H groups in total. The van der Waals surface area contributed by atoms with Crippen LogP contribution in [0.3, 0.4) is 0 Å². The lowest BCUT2D eigenvalue weighted by molar-refractivity contribution is 0.475. The van der Waals surface area contributed by atoms with Crippen LogP contribution in [0.4, 0.5) is 0 Å². The largest absolute Gasteiger partial charge is 0.508 e. The smallest absolute Gasteiger partial charge is 0.206 e. The van der Waals surface area contributed by atoms with Crippen molar-refractivity contribution in [3.05, 3.63) is 54.1 Å². The maximum absolute atomic E-state index is 12.2. The molecule has 3 nitrogen and oxygen atoms in total. The van der Waals surface area contributed by atoms with Crippen LogP contribution in [0.25, 0.3) is 0 Å². The first-order valence-electron chi connectivity index (χ1n) is 6.11. The van der Waals surface area contributed by atoms with Crippen LogP contribution in [0.15, 0.2) is 58.3 Å². The van der Waals surface area contributed by atoms with Crippen molar-refractivity contribution in [1.29, 1.82) is 0 Å². The van der Waals surface area contributed by atoms with Crippen LogP contribution in [-0.4, -0.2) is 13.5 Å². The molecule has 0 unspecified atom stereocenters. The van der Waals surface area contributed by atoms with Crippen molar-refractivity contribution < 1.29 is 13.5 Å². The van der Waals surface area contributed by atoms with E-state index in [1.54, 1.807) is 24.3 Å². The van der Waals surface area contributed by atoms with Gasteiger partial charge in [0.05, 0.1) is 9.79 Å². The number of hydrogen-bond donors (Lipinski definition) is 1. The second kappa shape index (κ2) is 6.38. The Morgan fingerprint density at radius 3 is 1.58 bits per heavy atom. The molecule has 4 heteroatoms. The van der Waals surface area contributed by atoms with E-state index in [1.165, 1.54) is 24.3 Å². The molecule has 2 aromatic carbocycles. The van der Waals surface area contributed by atoms with Crippen molar-refractivity contribution in [1.82, 2.24) is 0 Å². The lowest BCUT2D eigenvalue weighted by Crippen LogP contribution is -2.01. The second-order valence-electron chi connectivity index (χ2n) is 3.81. The summed E-state index contributed by atoms with van der Waals surface area (Å²) < 4.78 is 24.3. The van der Waals surface area contributed by atoms with Gasteiger partial charge in [-0.25, -0.2) is 8.42 Å². The van der Waals surface area contributed by atoms with E-state index in [4.69, 9.17) is 5.11 Å². The molecule has 0 amide bonds. The number of benzene rings is 2. The van der Waals surface area contributed by atoms with Crippen LogP contribution in [0.5, 0.6) is 5.75 Å². The highest BCUT2D eigenvalue weighted by Gasteiger charge is 2.16. The Kier molecular flexibility index (Phi) is 5.12. The van der Waals surface area contributed by atoms with Gasteiger partial charge in [0, 0.05) is 0 Å². The maximum Gasteiger partial charge on any atom is 0.206 e. The van der Waals surface area contributed by atoms with E-state index >= 15 is 0 Å². The van der Waals surface area contributed by atoms with Crippen LogP contribution >= 0.6 is 0 Å². The fourth-order valence-electron chi connectivity index (χ4n) is 1.48. The highest BCUT2D eigenvalue weighted by molar-refractivity contribution is 7.91. The molecule has 2 aromatic rings. The molecule has 2 rings (SSSR count). The van der Waals surface area contributed by atoms with E-state index in [9.17, 15) is 8.42 Å². The second-order valence-corrected chi connectivity index (χ2v) is 5.76. The van der Waals surface area contributed by atoms with Gasteiger partial charge in [-0.05, 0) is 43.3 Å². The minimum atomic E-state index is -3.48. The Bertz CT molecular complexity index is 560. The third-order valence-electron chi connectivity index (χ3n) is 2.48. The van der Waals surface area contributed by atoms with E-state index in [0.717, 1.165) is 5.56 Å². The fraction of sp³-hybridized carbons (Fsp3) is 0.200. The lowest BCUT2D eigenvalue weighted by Gasteiger charge is -2.04. The van der Waals surface area contributed by atoms with Crippen molar-refractivity contribution in [3.8, 4) is 5.75 Å². The summed E-state index contributed by atoms with van der Waals surface area (Å²) in [6.45, 7) is 5.90. The van der Waals surface area contributed by atoms with E-state index in [1.807, 2.05) is 20.8 Å². The van der Waals surface area contributed by atoms with Crippen molar-refractivity contribution >= 4 is 9.84 Å². The Hall–Kier alpha value is -1.81. The first-order chi connectivity index (χ1) is 9.00. The molecule has 0 bridgehead atoms. The highest BCUT2D eigenvalue weighted by atomic mass is 32.2. The van der Waals surface area contributed by atoms with Crippen molar-refractivity contribution in [2.24, 2.45) is 0 Å². The first-order valence-corrected chi connectivity index (χ1v) is 7.59. The zero-order valence-corrected chi connectivity index (χ0v) is 12.1. The summed E-state index contributed by atoms with van der Waals surface area (Å²) in [6, 6.07) is 12.2. The normalized spacial score (nSPS) is 10.5. The van der Waals surface area contributed by atoms with Gasteiger partial charge >= 0.3 is 0 Å². The van der Waals surface area contributed by atoms with Gasteiger partial charge in [0.15, 0.2) is 0 Å². The molecular weight excluding hydrogens is 260 g/mol. The fourth-order valence-corrected chi connectivity index (χ4v) is 2.74. The van der Waals surface area contributed by atoms with Crippen LogP contribution in [0.2, 0.25) is 0 Å². The van der Waals surface area contributed by atoms with Gasteiger partial charge in [-0.3, -0.25) is 0 Å². The summed E-state index contributed by atoms with van der Waals surface area (Å²) in [7, 11) is -3.48. The van der Waals surface area contributed by atoms with Crippen LogP contribution in [-0.2, 0) is 9.84 Å². The van der Waals surface area contributed by atoms with Crippen molar-refractivity contribution in [2.75, 3.05) is 0 Å². The van der Waals surface area contributed by atoms with Gasteiger partial charge in [-0.15, -0.1) is 0 Å². The summed E-state index contributed by atoms with van der Waals surface area (Å²) in [6.07, 6.45) is 0. The monoisotopic (exact) mass is 278 g/mol. The minimum Gasteiger partial charge on any atom is -0.508 e. The summed E-state index contributed by atoms with van der Waals surface area (Å²) in [4.78, 5) is 0.438. The van der Waals surface area contributed by atoms with E-state index < -0.39 is 9.84 Å². The molecular formula is C15H18O3S. The number of aromatic hydroxyl groups is 1. The molecule has 19 heavy (non-hydrogen) atoms. The SMILES string of the molecule is CC.Cc1ccc(S(=O)(=O)c2ccc(O)cc2)cc1. The van der Waals surface area contributed by atoms with Gasteiger partial charge in [0.1, 0.15) is 5.75 Å². The maximum atomic E-state index is 12.2. The molecule has 0 spiro atoms. The quantitative estimate of drug-likeness (QED) is 0.913. The van der Waals surface area contributed by atoms with E-state index in [0.29, 0.717) is 0 Å². The molecule has 0 aliphatic heterocycles. The zero-order valence-electron chi connectivity index (χ0n) is 11.3. The van der Waals surface area contributed by atoms with Gasteiger partial charge < -0.3 is 5.11 Å². The molecule has 0 aliphatic rings. The Balaban J connectivity index is 0.000000861. The molecule has 0 saturated heterocycles. The Labute approximate surface area is 114 Å². The molecule has 0 saturated carbocycles. The molecule has 0 aromatic heterocycles. The number of hydrogen-bond acceptors (Lipinski definition) is 3. The number of phenols is 1. The molecule has 102 valence electrons. The summed E-state index contributed by atoms with van der Waals surface area (Å²) in [5.41, 5.74) is 1.01. The first kappa shape index (κ1) is 15.2. The highest BCUT2D eigenvalue weighted by Crippen LogP contribution is 2.22. The number of rotatable bonds is 2. The predicted octanol–water partition coefficient (Wildman–Crippen LogP) is 3.56. The van der Waals surface area contributed by atoms with Gasteiger partial charge in [0.25, 0.3) is 0 Å². The lowest BCUT2D eigenvalue weighted by atomic mass is 10.2. The zero-order chi connectivity index (χ0) is 14.5.